The Morgan fingerprint density at radius 2 is 1.47 bits per heavy atom. The number of benzene rings is 5. The Labute approximate surface area is 311 Å². The summed E-state index contributed by atoms with van der Waals surface area (Å²) in [5, 5.41) is 2.39. The predicted octanol–water partition coefficient (Wildman–Crippen LogP) is 9.75. The van der Waals surface area contributed by atoms with Gasteiger partial charge in [0.05, 0.1) is 13.2 Å². The summed E-state index contributed by atoms with van der Waals surface area (Å²) in [6, 6.07) is 35.0. The number of morpholine rings is 1. The fourth-order valence-corrected chi connectivity index (χ4v) is 9.35. The van der Waals surface area contributed by atoms with Crippen LogP contribution in [0.5, 0.6) is 11.5 Å². The Bertz CT molecular complexity index is 2190. The highest BCUT2D eigenvalue weighted by molar-refractivity contribution is 6.08. The number of carbonyl (C=O) groups is 1. The molecule has 268 valence electrons. The van der Waals surface area contributed by atoms with Gasteiger partial charge in [0.15, 0.2) is 5.60 Å². The van der Waals surface area contributed by atoms with Gasteiger partial charge in [0.1, 0.15) is 24.7 Å². The molecule has 1 unspecified atom stereocenters. The summed E-state index contributed by atoms with van der Waals surface area (Å²) in [6.45, 7) is 7.09. The molecule has 2 fully saturated rings. The van der Waals surface area contributed by atoms with E-state index in [1.807, 2.05) is 12.1 Å². The summed E-state index contributed by atoms with van der Waals surface area (Å²) in [7, 11) is 0. The van der Waals surface area contributed by atoms with E-state index in [1.54, 1.807) is 0 Å². The first kappa shape index (κ1) is 33.5. The number of ether oxygens (including phenoxy) is 4. The van der Waals surface area contributed by atoms with E-state index in [-0.39, 0.29) is 18.6 Å². The molecule has 4 aliphatic rings. The third-order valence-electron chi connectivity index (χ3n) is 11.8. The van der Waals surface area contributed by atoms with Crippen LogP contribution in [0, 0.1) is 0 Å². The van der Waals surface area contributed by atoms with Gasteiger partial charge in [-0.25, -0.2) is 4.79 Å². The highest BCUT2D eigenvalue weighted by atomic mass is 16.6. The second-order valence-electron chi connectivity index (χ2n) is 14.6. The summed E-state index contributed by atoms with van der Waals surface area (Å²) in [6.07, 6.45) is 13.1. The lowest BCUT2D eigenvalue weighted by Gasteiger charge is -2.40. The molecule has 0 radical (unpaired) electrons. The van der Waals surface area contributed by atoms with Crippen molar-refractivity contribution in [2.24, 2.45) is 0 Å². The van der Waals surface area contributed by atoms with Gasteiger partial charge in [0.25, 0.3) is 0 Å². The van der Waals surface area contributed by atoms with E-state index >= 15 is 0 Å². The number of rotatable bonds is 8. The predicted molar refractivity (Wildman–Crippen MR) is 211 cm³/mol. The molecule has 0 amide bonds. The molecule has 2 aliphatic heterocycles. The molecule has 5 aromatic rings. The zero-order valence-corrected chi connectivity index (χ0v) is 30.2. The van der Waals surface area contributed by atoms with Crippen molar-refractivity contribution in [2.75, 3.05) is 44.4 Å². The largest absolute Gasteiger partial charge is 0.490 e. The minimum Gasteiger partial charge on any atom is -0.490 e. The van der Waals surface area contributed by atoms with Crippen LogP contribution in [0.1, 0.15) is 66.3 Å². The van der Waals surface area contributed by atoms with Gasteiger partial charge in [0.2, 0.25) is 0 Å². The van der Waals surface area contributed by atoms with E-state index in [2.05, 4.69) is 109 Å². The van der Waals surface area contributed by atoms with Gasteiger partial charge in [-0.3, -0.25) is 0 Å². The molecule has 1 spiro atoms. The van der Waals surface area contributed by atoms with Crippen LogP contribution < -0.4 is 14.4 Å². The SMILES string of the molecule is C=CC(=O)OCCOc1ccc(C2(c3ccc(N4CCOCC4)cc3)C=Cc3c4c(c5ccccc5c3O2)-c2ccccc2C42CCCCCC2)cc1. The summed E-state index contributed by atoms with van der Waals surface area (Å²) in [4.78, 5) is 13.9. The topological polar surface area (TPSA) is 57.2 Å². The summed E-state index contributed by atoms with van der Waals surface area (Å²) in [5.41, 5.74) is 9.21. The molecule has 0 N–H and O–H groups in total. The van der Waals surface area contributed by atoms with Crippen LogP contribution in [0.2, 0.25) is 0 Å². The second-order valence-corrected chi connectivity index (χ2v) is 14.6. The van der Waals surface area contributed by atoms with Crippen molar-refractivity contribution < 1.29 is 23.7 Å². The van der Waals surface area contributed by atoms with Gasteiger partial charge in [0, 0.05) is 52.3 Å². The first-order valence-electron chi connectivity index (χ1n) is 19.1. The number of anilines is 1. The first-order valence-corrected chi connectivity index (χ1v) is 19.1. The molecule has 0 aromatic heterocycles. The van der Waals surface area contributed by atoms with Crippen LogP contribution in [-0.2, 0) is 25.3 Å². The van der Waals surface area contributed by atoms with Crippen LogP contribution in [0.4, 0.5) is 5.69 Å². The number of esters is 1. The minimum absolute atomic E-state index is 0.0387. The molecule has 6 nitrogen and oxygen atoms in total. The molecule has 1 saturated carbocycles. The highest BCUT2D eigenvalue weighted by Gasteiger charge is 2.48. The maximum absolute atomic E-state index is 11.5. The van der Waals surface area contributed by atoms with Crippen molar-refractivity contribution >= 4 is 28.5 Å². The summed E-state index contributed by atoms with van der Waals surface area (Å²) >= 11 is 0. The molecular formula is C47H45NO5. The van der Waals surface area contributed by atoms with Gasteiger partial charge in [-0.15, -0.1) is 0 Å². The maximum atomic E-state index is 11.5. The van der Waals surface area contributed by atoms with Crippen LogP contribution in [0.15, 0.2) is 116 Å². The van der Waals surface area contributed by atoms with Crippen LogP contribution >= 0.6 is 0 Å². The summed E-state index contributed by atoms with van der Waals surface area (Å²) in [5.74, 6) is 1.18. The minimum atomic E-state index is -0.895. The maximum Gasteiger partial charge on any atom is 0.330 e. The lowest BCUT2D eigenvalue weighted by Crippen LogP contribution is -2.37. The average Bonchev–Trinajstić information content (AvgIpc) is 3.32. The lowest BCUT2D eigenvalue weighted by molar-refractivity contribution is -0.138. The number of hydrogen-bond donors (Lipinski definition) is 0. The van der Waals surface area contributed by atoms with Gasteiger partial charge in [-0.2, -0.15) is 0 Å². The molecule has 1 saturated heterocycles. The third-order valence-corrected chi connectivity index (χ3v) is 11.8. The van der Waals surface area contributed by atoms with E-state index in [1.165, 1.54) is 64.6 Å². The smallest absolute Gasteiger partial charge is 0.330 e. The van der Waals surface area contributed by atoms with Gasteiger partial charge >= 0.3 is 5.97 Å². The molecule has 0 bridgehead atoms. The quantitative estimate of drug-likeness (QED) is 0.0912. The highest BCUT2D eigenvalue weighted by Crippen LogP contribution is 2.61. The van der Waals surface area contributed by atoms with E-state index in [0.717, 1.165) is 67.5 Å². The first-order chi connectivity index (χ1) is 26.1. The van der Waals surface area contributed by atoms with Gasteiger partial charge in [-0.1, -0.05) is 111 Å². The molecule has 1 atom stereocenters. The molecule has 2 aliphatic carbocycles. The average molecular weight is 704 g/mol. The molecule has 53 heavy (non-hydrogen) atoms. The molecule has 9 rings (SSSR count). The lowest BCUT2D eigenvalue weighted by atomic mass is 9.70. The Kier molecular flexibility index (Phi) is 8.79. The Morgan fingerprint density at radius 3 is 2.21 bits per heavy atom. The number of nitrogens with zero attached hydrogens (tertiary/aromatic N) is 1. The second kappa shape index (κ2) is 13.9. The number of hydrogen-bond acceptors (Lipinski definition) is 6. The molecule has 2 heterocycles. The van der Waals surface area contributed by atoms with Crippen molar-refractivity contribution in [3.63, 3.8) is 0 Å². The van der Waals surface area contributed by atoms with Crippen LogP contribution in [0.3, 0.4) is 0 Å². The van der Waals surface area contributed by atoms with Gasteiger partial charge in [-0.05, 0) is 70.8 Å². The number of carbonyl (C=O) groups excluding carboxylic acids is 1. The Hall–Kier alpha value is -5.33. The van der Waals surface area contributed by atoms with Gasteiger partial charge < -0.3 is 23.8 Å². The van der Waals surface area contributed by atoms with Crippen molar-refractivity contribution in [3.05, 3.63) is 144 Å². The van der Waals surface area contributed by atoms with Crippen molar-refractivity contribution in [1.82, 2.24) is 0 Å². The molecule has 5 aromatic carbocycles. The third kappa shape index (κ3) is 5.71. The van der Waals surface area contributed by atoms with Crippen LogP contribution in [-0.4, -0.2) is 45.5 Å². The molecular weight excluding hydrogens is 659 g/mol. The number of fused-ring (bicyclic) bond motifs is 10. The fraction of sp³-hybridized carbons (Fsp3) is 0.298. The van der Waals surface area contributed by atoms with E-state index in [0.29, 0.717) is 5.75 Å². The van der Waals surface area contributed by atoms with Crippen LogP contribution in [0.25, 0.3) is 28.0 Å². The van der Waals surface area contributed by atoms with Crippen molar-refractivity contribution in [2.45, 2.75) is 49.5 Å². The summed E-state index contributed by atoms with van der Waals surface area (Å²) < 4.78 is 24.3. The standard InChI is InChI=1S/C47H45NO5/c1-2-42(49)52-32-31-51-36-21-17-34(18-22-36)47(33-15-19-35(20-16-33)48-27-29-50-30-28-48)26-23-40-44-43(37-11-5-6-12-38(37)45(40)53-47)39-13-7-8-14-41(39)46(44)24-9-3-4-10-25-46/h2,5-8,11-23,26H,1,3-4,9-10,24-25,27-32H2. The zero-order chi connectivity index (χ0) is 35.8. The normalized spacial score (nSPS) is 19.8. The van der Waals surface area contributed by atoms with E-state index < -0.39 is 11.6 Å². The molecule has 6 heteroatoms. The van der Waals surface area contributed by atoms with E-state index in [9.17, 15) is 4.79 Å². The monoisotopic (exact) mass is 703 g/mol. The van der Waals surface area contributed by atoms with Crippen molar-refractivity contribution in [3.8, 4) is 22.6 Å². The van der Waals surface area contributed by atoms with Crippen molar-refractivity contribution in [1.29, 1.82) is 0 Å². The Balaban J connectivity index is 1.18. The van der Waals surface area contributed by atoms with E-state index in [4.69, 9.17) is 18.9 Å². The zero-order valence-electron chi connectivity index (χ0n) is 30.2. The Morgan fingerprint density at radius 1 is 0.792 bits per heavy atom. The fourth-order valence-electron chi connectivity index (χ4n) is 9.35.